The molecule has 0 aliphatic carbocycles. The standard InChI is InChI=1S/C15H16N2/c1-10-3-6-12(7-4-10)15-16-13-8-5-11(2)9-14(13)17-15/h3-9,15-17H,1-2H3. The maximum Gasteiger partial charge on any atom is 0.123 e. The van der Waals surface area contributed by atoms with Crippen molar-refractivity contribution in [3.05, 3.63) is 59.2 Å². The van der Waals surface area contributed by atoms with E-state index in [1.165, 1.54) is 28.1 Å². The van der Waals surface area contributed by atoms with Gasteiger partial charge in [-0.05, 0) is 37.1 Å². The van der Waals surface area contributed by atoms with Gasteiger partial charge in [-0.2, -0.15) is 0 Å². The molecule has 0 bridgehead atoms. The van der Waals surface area contributed by atoms with Crippen LogP contribution in [0.15, 0.2) is 42.5 Å². The maximum atomic E-state index is 3.50. The molecule has 0 aromatic heterocycles. The fraction of sp³-hybridized carbons (Fsp3) is 0.200. The van der Waals surface area contributed by atoms with E-state index in [9.17, 15) is 0 Å². The van der Waals surface area contributed by atoms with Gasteiger partial charge < -0.3 is 10.6 Å². The van der Waals surface area contributed by atoms with Gasteiger partial charge in [0.2, 0.25) is 0 Å². The van der Waals surface area contributed by atoms with Crippen LogP contribution in [0.1, 0.15) is 22.9 Å². The van der Waals surface area contributed by atoms with Crippen LogP contribution in [0.3, 0.4) is 0 Å². The zero-order valence-corrected chi connectivity index (χ0v) is 10.1. The second kappa shape index (κ2) is 3.81. The smallest absolute Gasteiger partial charge is 0.123 e. The largest absolute Gasteiger partial charge is 0.360 e. The second-order valence-electron chi connectivity index (χ2n) is 4.68. The molecule has 0 saturated carbocycles. The van der Waals surface area contributed by atoms with Gasteiger partial charge >= 0.3 is 0 Å². The summed E-state index contributed by atoms with van der Waals surface area (Å²) >= 11 is 0. The normalized spacial score (nSPS) is 17.2. The highest BCUT2D eigenvalue weighted by atomic mass is 15.2. The van der Waals surface area contributed by atoms with Crippen LogP contribution in [0.4, 0.5) is 11.4 Å². The Morgan fingerprint density at radius 2 is 1.41 bits per heavy atom. The highest BCUT2D eigenvalue weighted by Gasteiger charge is 2.20. The van der Waals surface area contributed by atoms with Crippen LogP contribution >= 0.6 is 0 Å². The Bertz CT molecular complexity index is 543. The summed E-state index contributed by atoms with van der Waals surface area (Å²) in [5.74, 6) is 0. The monoisotopic (exact) mass is 224 g/mol. The summed E-state index contributed by atoms with van der Waals surface area (Å²) in [5.41, 5.74) is 6.21. The van der Waals surface area contributed by atoms with Crippen LogP contribution in [-0.2, 0) is 0 Å². The van der Waals surface area contributed by atoms with Gasteiger partial charge in [0.05, 0.1) is 11.4 Å². The molecule has 2 heteroatoms. The third kappa shape index (κ3) is 1.86. The van der Waals surface area contributed by atoms with E-state index >= 15 is 0 Å². The van der Waals surface area contributed by atoms with Crippen molar-refractivity contribution in [1.82, 2.24) is 0 Å². The van der Waals surface area contributed by atoms with Gasteiger partial charge in [0.25, 0.3) is 0 Å². The number of nitrogens with one attached hydrogen (secondary N) is 2. The molecule has 0 fully saturated rings. The first kappa shape index (κ1) is 10.2. The summed E-state index contributed by atoms with van der Waals surface area (Å²) in [6, 6.07) is 15.1. The lowest BCUT2D eigenvalue weighted by molar-refractivity contribution is 0.940. The summed E-state index contributed by atoms with van der Waals surface area (Å²) in [5, 5.41) is 6.99. The molecule has 0 amide bonds. The van der Waals surface area contributed by atoms with Crippen LogP contribution in [-0.4, -0.2) is 0 Å². The summed E-state index contributed by atoms with van der Waals surface area (Å²) < 4.78 is 0. The van der Waals surface area contributed by atoms with Crippen molar-refractivity contribution in [2.24, 2.45) is 0 Å². The SMILES string of the molecule is Cc1ccc(C2Nc3ccc(C)cc3N2)cc1. The van der Waals surface area contributed by atoms with Gasteiger partial charge in [-0.1, -0.05) is 35.9 Å². The molecule has 1 aliphatic heterocycles. The zero-order chi connectivity index (χ0) is 11.8. The van der Waals surface area contributed by atoms with E-state index in [1.54, 1.807) is 0 Å². The molecule has 1 unspecified atom stereocenters. The lowest BCUT2D eigenvalue weighted by Gasteiger charge is -2.12. The van der Waals surface area contributed by atoms with Gasteiger partial charge in [-0.15, -0.1) is 0 Å². The molecule has 0 radical (unpaired) electrons. The van der Waals surface area contributed by atoms with Crippen molar-refractivity contribution < 1.29 is 0 Å². The number of hydrogen-bond donors (Lipinski definition) is 2. The average Bonchev–Trinajstić information content (AvgIpc) is 2.72. The van der Waals surface area contributed by atoms with E-state index < -0.39 is 0 Å². The van der Waals surface area contributed by atoms with Crippen LogP contribution in [0.2, 0.25) is 0 Å². The van der Waals surface area contributed by atoms with Crippen molar-refractivity contribution in [2.45, 2.75) is 20.0 Å². The topological polar surface area (TPSA) is 24.1 Å². The van der Waals surface area contributed by atoms with Crippen LogP contribution < -0.4 is 10.6 Å². The van der Waals surface area contributed by atoms with E-state index in [0.717, 1.165) is 0 Å². The third-order valence-electron chi connectivity index (χ3n) is 3.19. The molecular weight excluding hydrogens is 208 g/mol. The molecule has 17 heavy (non-hydrogen) atoms. The van der Waals surface area contributed by atoms with Crippen molar-refractivity contribution in [3.8, 4) is 0 Å². The van der Waals surface area contributed by atoms with Crippen molar-refractivity contribution >= 4 is 11.4 Å². The number of hydrogen-bond acceptors (Lipinski definition) is 2. The molecule has 1 aliphatic rings. The fourth-order valence-electron chi connectivity index (χ4n) is 2.18. The fourth-order valence-corrected chi connectivity index (χ4v) is 2.18. The quantitative estimate of drug-likeness (QED) is 0.769. The minimum atomic E-state index is 0.187. The molecule has 0 spiro atoms. The molecule has 2 nitrogen and oxygen atoms in total. The lowest BCUT2D eigenvalue weighted by Crippen LogP contribution is -2.11. The summed E-state index contributed by atoms with van der Waals surface area (Å²) in [6.07, 6.45) is 0.187. The number of aryl methyl sites for hydroxylation is 2. The molecule has 3 rings (SSSR count). The minimum Gasteiger partial charge on any atom is -0.360 e. The third-order valence-corrected chi connectivity index (χ3v) is 3.19. The van der Waals surface area contributed by atoms with Crippen molar-refractivity contribution in [3.63, 3.8) is 0 Å². The summed E-state index contributed by atoms with van der Waals surface area (Å²) in [7, 11) is 0. The van der Waals surface area contributed by atoms with Crippen LogP contribution in [0.5, 0.6) is 0 Å². The van der Waals surface area contributed by atoms with Crippen molar-refractivity contribution in [2.75, 3.05) is 10.6 Å². The Morgan fingerprint density at radius 3 is 2.18 bits per heavy atom. The number of anilines is 2. The van der Waals surface area contributed by atoms with E-state index in [1.807, 2.05) is 0 Å². The van der Waals surface area contributed by atoms with E-state index in [0.29, 0.717) is 0 Å². The first-order valence-electron chi connectivity index (χ1n) is 5.93. The Balaban J connectivity index is 1.88. The van der Waals surface area contributed by atoms with Gasteiger partial charge in [-0.3, -0.25) is 0 Å². The zero-order valence-electron chi connectivity index (χ0n) is 10.1. The second-order valence-corrected chi connectivity index (χ2v) is 4.68. The Kier molecular flexibility index (Phi) is 2.29. The number of fused-ring (bicyclic) bond motifs is 1. The maximum absolute atomic E-state index is 3.50. The van der Waals surface area contributed by atoms with E-state index in [4.69, 9.17) is 0 Å². The van der Waals surface area contributed by atoms with E-state index in [-0.39, 0.29) is 6.17 Å². The predicted molar refractivity (Wildman–Crippen MR) is 72.3 cm³/mol. The molecule has 86 valence electrons. The highest BCUT2D eigenvalue weighted by molar-refractivity contribution is 5.75. The summed E-state index contributed by atoms with van der Waals surface area (Å²) in [4.78, 5) is 0. The van der Waals surface area contributed by atoms with Crippen LogP contribution in [0, 0.1) is 13.8 Å². The predicted octanol–water partition coefficient (Wildman–Crippen LogP) is 3.84. The van der Waals surface area contributed by atoms with Crippen molar-refractivity contribution in [1.29, 1.82) is 0 Å². The molecule has 1 heterocycles. The van der Waals surface area contributed by atoms with Gasteiger partial charge in [0, 0.05) is 0 Å². The Morgan fingerprint density at radius 1 is 0.765 bits per heavy atom. The first-order chi connectivity index (χ1) is 8.22. The molecule has 2 N–H and O–H groups in total. The molecule has 2 aromatic carbocycles. The molecule has 1 atom stereocenters. The molecule has 0 saturated heterocycles. The minimum absolute atomic E-state index is 0.187. The van der Waals surface area contributed by atoms with E-state index in [2.05, 4.69) is 66.9 Å². The van der Waals surface area contributed by atoms with Gasteiger partial charge in [-0.25, -0.2) is 0 Å². The van der Waals surface area contributed by atoms with Crippen LogP contribution in [0.25, 0.3) is 0 Å². The molecule has 2 aromatic rings. The average molecular weight is 224 g/mol. The molecular formula is C15H16N2. The Labute approximate surface area is 102 Å². The van der Waals surface area contributed by atoms with Gasteiger partial charge in [0.1, 0.15) is 6.17 Å². The number of rotatable bonds is 1. The lowest BCUT2D eigenvalue weighted by atomic mass is 10.1. The first-order valence-corrected chi connectivity index (χ1v) is 5.93. The number of benzene rings is 2. The van der Waals surface area contributed by atoms with Gasteiger partial charge in [0.15, 0.2) is 0 Å². The highest BCUT2D eigenvalue weighted by Crippen LogP contribution is 2.35. The summed E-state index contributed by atoms with van der Waals surface area (Å²) in [6.45, 7) is 4.22. The Hall–Kier alpha value is -1.96.